The molecule has 1 aromatic rings. The van der Waals surface area contributed by atoms with E-state index in [0.29, 0.717) is 44.8 Å². The first-order chi connectivity index (χ1) is 15.2. The summed E-state index contributed by atoms with van der Waals surface area (Å²) in [4.78, 5) is 18.5. The number of aliphatic hydroxyl groups is 2. The molecule has 0 radical (unpaired) electrons. The average molecular weight is 456 g/mol. The molecule has 2 saturated heterocycles. The maximum atomic E-state index is 13.1. The second-order valence-corrected chi connectivity index (χ2v) is 9.43. The van der Waals surface area contributed by atoms with Crippen LogP contribution in [0.5, 0.6) is 0 Å². The van der Waals surface area contributed by atoms with Crippen LogP contribution in [0.1, 0.15) is 37.7 Å². The molecule has 3 aliphatic rings. The second-order valence-electron chi connectivity index (χ2n) is 9.43. The molecule has 178 valence electrons. The molecule has 1 aliphatic carbocycles. The molecule has 2 atom stereocenters. The Labute approximate surface area is 186 Å². The molecule has 0 bridgehead atoms. The number of rotatable bonds is 6. The highest BCUT2D eigenvalue weighted by atomic mass is 19.4. The van der Waals surface area contributed by atoms with Crippen LogP contribution < -0.4 is 4.90 Å². The Morgan fingerprint density at radius 1 is 1.12 bits per heavy atom. The van der Waals surface area contributed by atoms with Crippen molar-refractivity contribution in [2.75, 3.05) is 50.8 Å². The molecule has 9 heteroatoms. The van der Waals surface area contributed by atoms with Crippen LogP contribution >= 0.6 is 0 Å². The number of nitrogens with zero attached hydrogens (tertiary/aromatic N) is 3. The molecule has 0 aromatic heterocycles. The van der Waals surface area contributed by atoms with Gasteiger partial charge in [0.1, 0.15) is 0 Å². The van der Waals surface area contributed by atoms with Gasteiger partial charge in [-0.3, -0.25) is 4.79 Å². The lowest BCUT2D eigenvalue weighted by Gasteiger charge is -2.38. The molecule has 2 aliphatic heterocycles. The zero-order valence-electron chi connectivity index (χ0n) is 18.2. The first-order valence-corrected chi connectivity index (χ1v) is 11.4. The minimum absolute atomic E-state index is 0.0888. The Hall–Kier alpha value is -1.84. The van der Waals surface area contributed by atoms with Gasteiger partial charge < -0.3 is 24.9 Å². The third-order valence-electron chi connectivity index (χ3n) is 7.45. The fraction of sp³-hybridized carbons (Fsp3) is 0.696. The van der Waals surface area contributed by atoms with E-state index in [9.17, 15) is 28.2 Å². The van der Waals surface area contributed by atoms with Gasteiger partial charge in [0, 0.05) is 44.8 Å². The van der Waals surface area contributed by atoms with Crippen LogP contribution in [-0.2, 0) is 11.0 Å². The van der Waals surface area contributed by atoms with E-state index in [1.165, 1.54) is 6.07 Å². The van der Waals surface area contributed by atoms with Crippen LogP contribution in [0.3, 0.4) is 0 Å². The van der Waals surface area contributed by atoms with Crippen molar-refractivity contribution in [2.45, 2.75) is 50.4 Å². The number of carbonyl (C=O) groups excluding carboxylic acids is 1. The standard InChI is InChI=1S/C23H32F3N3O3/c24-23(25,26)17-2-1-3-18(14-17)28-10-5-21(32)29(13-12-28)19(16-30)4-9-27-11-8-22(6-7-22)20(31)15-27/h1-3,14,19-20,30-31H,4-13,15-16H2/t19-,20?/m1/s1. The summed E-state index contributed by atoms with van der Waals surface area (Å²) in [6, 6.07) is 4.85. The maximum absolute atomic E-state index is 13.1. The number of piperidine rings is 1. The van der Waals surface area contributed by atoms with Gasteiger partial charge in [-0.05, 0) is 55.8 Å². The summed E-state index contributed by atoms with van der Waals surface area (Å²) in [7, 11) is 0. The van der Waals surface area contributed by atoms with E-state index in [4.69, 9.17) is 0 Å². The van der Waals surface area contributed by atoms with Crippen molar-refractivity contribution in [2.24, 2.45) is 5.41 Å². The van der Waals surface area contributed by atoms with Gasteiger partial charge in [-0.25, -0.2) is 0 Å². The number of hydrogen-bond donors (Lipinski definition) is 2. The van der Waals surface area contributed by atoms with E-state index in [1.54, 1.807) is 15.9 Å². The highest BCUT2D eigenvalue weighted by Gasteiger charge is 2.51. The van der Waals surface area contributed by atoms with E-state index in [2.05, 4.69) is 4.90 Å². The number of benzene rings is 1. The molecule has 6 nitrogen and oxygen atoms in total. The summed E-state index contributed by atoms with van der Waals surface area (Å²) in [5.41, 5.74) is -0.112. The summed E-state index contributed by atoms with van der Waals surface area (Å²) in [5, 5.41) is 20.4. The molecule has 2 heterocycles. The van der Waals surface area contributed by atoms with Gasteiger partial charge in [-0.2, -0.15) is 13.2 Å². The quantitative estimate of drug-likeness (QED) is 0.690. The lowest BCUT2D eigenvalue weighted by Crippen LogP contribution is -2.48. The van der Waals surface area contributed by atoms with Gasteiger partial charge in [0.05, 0.1) is 24.3 Å². The molecular formula is C23H32F3N3O3. The van der Waals surface area contributed by atoms with E-state index in [0.717, 1.165) is 37.9 Å². The van der Waals surface area contributed by atoms with Gasteiger partial charge in [0.15, 0.2) is 0 Å². The van der Waals surface area contributed by atoms with Crippen molar-refractivity contribution in [1.82, 2.24) is 9.80 Å². The molecule has 1 amide bonds. The van der Waals surface area contributed by atoms with Crippen molar-refractivity contribution < 1.29 is 28.2 Å². The van der Waals surface area contributed by atoms with Gasteiger partial charge in [-0.15, -0.1) is 0 Å². The van der Waals surface area contributed by atoms with Crippen LogP contribution in [-0.4, -0.2) is 83.9 Å². The molecular weight excluding hydrogens is 423 g/mol. The minimum atomic E-state index is -4.41. The summed E-state index contributed by atoms with van der Waals surface area (Å²) < 4.78 is 39.2. The summed E-state index contributed by atoms with van der Waals surface area (Å²) >= 11 is 0. The predicted molar refractivity (Wildman–Crippen MR) is 114 cm³/mol. The second kappa shape index (κ2) is 9.19. The van der Waals surface area contributed by atoms with Crippen molar-refractivity contribution >= 4 is 11.6 Å². The zero-order valence-corrected chi connectivity index (χ0v) is 18.2. The predicted octanol–water partition coefficient (Wildman–Crippen LogP) is 2.34. The monoisotopic (exact) mass is 455 g/mol. The van der Waals surface area contributed by atoms with Crippen LogP contribution in [0.15, 0.2) is 24.3 Å². The number of amides is 1. The van der Waals surface area contributed by atoms with Crippen LogP contribution in [0.4, 0.5) is 18.9 Å². The number of likely N-dealkylation sites (tertiary alicyclic amines) is 1. The normalized spacial score (nSPS) is 25.2. The summed E-state index contributed by atoms with van der Waals surface area (Å²) in [5.74, 6) is -0.0888. The number of β-amino-alcohol motifs (C(OH)–C–C–N with tert-alkyl or cyclic N) is 1. The zero-order chi connectivity index (χ0) is 22.9. The molecule has 1 unspecified atom stereocenters. The minimum Gasteiger partial charge on any atom is -0.394 e. The van der Waals surface area contributed by atoms with Crippen molar-refractivity contribution in [1.29, 1.82) is 0 Å². The van der Waals surface area contributed by atoms with E-state index in [1.807, 2.05) is 0 Å². The van der Waals surface area contributed by atoms with Crippen LogP contribution in [0.25, 0.3) is 0 Å². The van der Waals surface area contributed by atoms with Crippen molar-refractivity contribution in [3.05, 3.63) is 29.8 Å². The molecule has 1 spiro atoms. The maximum Gasteiger partial charge on any atom is 0.416 e. The number of hydrogen-bond acceptors (Lipinski definition) is 5. The number of carbonyl (C=O) groups is 1. The first-order valence-electron chi connectivity index (χ1n) is 11.4. The number of aliphatic hydroxyl groups excluding tert-OH is 2. The SMILES string of the molecule is O=C1CCN(c2cccc(C(F)(F)F)c2)CCN1[C@@H](CO)CCN1CCC2(CC2)C(O)C1. The fourth-order valence-electron chi connectivity index (χ4n) is 5.06. The summed E-state index contributed by atoms with van der Waals surface area (Å²) in [6.45, 7) is 3.20. The molecule has 4 rings (SSSR count). The van der Waals surface area contributed by atoms with E-state index >= 15 is 0 Å². The Morgan fingerprint density at radius 3 is 2.56 bits per heavy atom. The third kappa shape index (κ3) is 5.05. The largest absolute Gasteiger partial charge is 0.416 e. The van der Waals surface area contributed by atoms with Gasteiger partial charge >= 0.3 is 6.18 Å². The lowest BCUT2D eigenvalue weighted by molar-refractivity contribution is -0.137. The number of anilines is 1. The number of alkyl halides is 3. The van der Waals surface area contributed by atoms with E-state index < -0.39 is 11.7 Å². The third-order valence-corrected chi connectivity index (χ3v) is 7.45. The first kappa shape index (κ1) is 23.3. The molecule has 1 aromatic carbocycles. The van der Waals surface area contributed by atoms with Gasteiger partial charge in [0.2, 0.25) is 5.91 Å². The topological polar surface area (TPSA) is 67.2 Å². The Morgan fingerprint density at radius 2 is 1.91 bits per heavy atom. The van der Waals surface area contributed by atoms with Crippen LogP contribution in [0.2, 0.25) is 0 Å². The molecule has 3 fully saturated rings. The highest BCUT2D eigenvalue weighted by Crippen LogP contribution is 2.53. The van der Waals surface area contributed by atoms with Crippen LogP contribution in [0, 0.1) is 5.41 Å². The van der Waals surface area contributed by atoms with Gasteiger partial charge in [0.25, 0.3) is 0 Å². The lowest BCUT2D eigenvalue weighted by atomic mass is 9.90. The molecule has 32 heavy (non-hydrogen) atoms. The smallest absolute Gasteiger partial charge is 0.394 e. The van der Waals surface area contributed by atoms with Gasteiger partial charge in [-0.1, -0.05) is 6.07 Å². The van der Waals surface area contributed by atoms with Crippen molar-refractivity contribution in [3.63, 3.8) is 0 Å². The van der Waals surface area contributed by atoms with Crippen molar-refractivity contribution in [3.8, 4) is 0 Å². The average Bonchev–Trinajstić information content (AvgIpc) is 3.56. The fourth-order valence-corrected chi connectivity index (χ4v) is 5.06. The van der Waals surface area contributed by atoms with E-state index in [-0.39, 0.29) is 36.5 Å². The Balaban J connectivity index is 1.35. The molecule has 1 saturated carbocycles. The summed E-state index contributed by atoms with van der Waals surface area (Å²) in [6.07, 6.45) is -0.717. The Kier molecular flexibility index (Phi) is 6.70. The Bertz CT molecular complexity index is 815. The highest BCUT2D eigenvalue weighted by molar-refractivity contribution is 5.78. The number of halogens is 3. The molecule has 2 N–H and O–H groups in total.